The number of methoxy groups -OCH3 is 1. The minimum absolute atomic E-state index is 0.0776. The molecule has 17 heavy (non-hydrogen) atoms. The summed E-state index contributed by atoms with van der Waals surface area (Å²) in [6.07, 6.45) is 1.21. The molecule has 0 aliphatic rings. The molecule has 96 valence electrons. The third-order valence-corrected chi connectivity index (χ3v) is 3.86. The number of rotatable bonds is 5. The zero-order valence-electron chi connectivity index (χ0n) is 9.90. The molecule has 5 nitrogen and oxygen atoms in total. The first-order valence-corrected chi connectivity index (χ1v) is 6.79. The quantitative estimate of drug-likeness (QED) is 0.828. The highest BCUT2D eigenvalue weighted by atomic mass is 35.5. The zero-order chi connectivity index (χ0) is 13.1. The molecule has 0 spiro atoms. The normalized spacial score (nSPS) is 12.7. The van der Waals surface area contributed by atoms with Crippen LogP contribution in [0, 0.1) is 0 Å². The van der Waals surface area contributed by atoms with Crippen LogP contribution in [0.4, 0.5) is 0 Å². The first-order valence-electron chi connectivity index (χ1n) is 4.93. The standard InChI is InChI=1S/C10H15ClN2O3S/c1-10(2,16-3)7-13-17(14,15)8-4-5-9(11)12-6-8/h4-6,13H,7H2,1-3H3. The Hall–Kier alpha value is -0.690. The molecule has 1 rings (SSSR count). The average molecular weight is 279 g/mol. The van der Waals surface area contributed by atoms with Crippen molar-refractivity contribution in [1.29, 1.82) is 0 Å². The van der Waals surface area contributed by atoms with Gasteiger partial charge < -0.3 is 4.74 Å². The molecule has 1 heterocycles. The van der Waals surface area contributed by atoms with Gasteiger partial charge in [-0.2, -0.15) is 0 Å². The Bertz CT molecular complexity index is 471. The van der Waals surface area contributed by atoms with E-state index in [4.69, 9.17) is 16.3 Å². The Balaban J connectivity index is 2.79. The lowest BCUT2D eigenvalue weighted by Crippen LogP contribution is -2.39. The third kappa shape index (κ3) is 4.23. The summed E-state index contributed by atoms with van der Waals surface area (Å²) in [7, 11) is -2.05. The van der Waals surface area contributed by atoms with Gasteiger partial charge in [-0.25, -0.2) is 18.1 Å². The fraction of sp³-hybridized carbons (Fsp3) is 0.500. The van der Waals surface area contributed by atoms with Crippen LogP contribution in [0.15, 0.2) is 23.2 Å². The minimum atomic E-state index is -3.57. The van der Waals surface area contributed by atoms with Crippen molar-refractivity contribution in [2.45, 2.75) is 24.3 Å². The fourth-order valence-electron chi connectivity index (χ4n) is 0.946. The van der Waals surface area contributed by atoms with Crippen molar-refractivity contribution >= 4 is 21.6 Å². The molecule has 1 aromatic heterocycles. The predicted molar refractivity (Wildman–Crippen MR) is 65.5 cm³/mol. The molecule has 0 fully saturated rings. The lowest BCUT2D eigenvalue weighted by Gasteiger charge is -2.22. The number of halogens is 1. The topological polar surface area (TPSA) is 68.3 Å². The largest absolute Gasteiger partial charge is 0.377 e. The zero-order valence-corrected chi connectivity index (χ0v) is 11.5. The van der Waals surface area contributed by atoms with Crippen molar-refractivity contribution < 1.29 is 13.2 Å². The van der Waals surface area contributed by atoms with Crippen LogP contribution in [-0.2, 0) is 14.8 Å². The van der Waals surface area contributed by atoms with E-state index in [0.717, 1.165) is 0 Å². The predicted octanol–water partition coefficient (Wildman–Crippen LogP) is 1.44. The van der Waals surface area contributed by atoms with Crippen molar-refractivity contribution in [3.8, 4) is 0 Å². The summed E-state index contributed by atoms with van der Waals surface area (Å²) in [5, 5.41) is 0.251. The van der Waals surface area contributed by atoms with Crippen molar-refractivity contribution in [2.75, 3.05) is 13.7 Å². The number of hydrogen-bond acceptors (Lipinski definition) is 4. The monoisotopic (exact) mass is 278 g/mol. The molecule has 7 heteroatoms. The summed E-state index contributed by atoms with van der Waals surface area (Å²) in [5.41, 5.74) is -0.563. The van der Waals surface area contributed by atoms with E-state index >= 15 is 0 Å². The summed E-state index contributed by atoms with van der Waals surface area (Å²) in [6.45, 7) is 3.75. The smallest absolute Gasteiger partial charge is 0.242 e. The second kappa shape index (κ2) is 5.30. The molecule has 0 unspecified atom stereocenters. The van der Waals surface area contributed by atoms with Crippen LogP contribution in [0.3, 0.4) is 0 Å². The van der Waals surface area contributed by atoms with E-state index in [1.54, 1.807) is 13.8 Å². The van der Waals surface area contributed by atoms with Crippen molar-refractivity contribution in [3.63, 3.8) is 0 Å². The first-order chi connectivity index (χ1) is 7.77. The van der Waals surface area contributed by atoms with Gasteiger partial charge >= 0.3 is 0 Å². The van der Waals surface area contributed by atoms with E-state index in [1.807, 2.05) is 0 Å². The number of nitrogens with zero attached hydrogens (tertiary/aromatic N) is 1. The molecule has 1 N–H and O–H groups in total. The molecule has 0 amide bonds. The summed E-state index contributed by atoms with van der Waals surface area (Å²) < 4.78 is 31.3. The second-order valence-electron chi connectivity index (χ2n) is 4.10. The van der Waals surface area contributed by atoms with Gasteiger partial charge in [-0.3, -0.25) is 0 Å². The Morgan fingerprint density at radius 1 is 1.47 bits per heavy atom. The summed E-state index contributed by atoms with van der Waals surface area (Å²) in [5.74, 6) is 0. The van der Waals surface area contributed by atoms with Crippen LogP contribution in [0.25, 0.3) is 0 Å². The van der Waals surface area contributed by atoms with Gasteiger partial charge in [-0.15, -0.1) is 0 Å². The molecule has 0 bridgehead atoms. The van der Waals surface area contributed by atoms with Gasteiger partial charge in [0.25, 0.3) is 0 Å². The highest BCUT2D eigenvalue weighted by Gasteiger charge is 2.21. The van der Waals surface area contributed by atoms with Gasteiger partial charge in [0.15, 0.2) is 0 Å². The molecule has 0 saturated carbocycles. The van der Waals surface area contributed by atoms with Gasteiger partial charge in [0.2, 0.25) is 10.0 Å². The SMILES string of the molecule is COC(C)(C)CNS(=O)(=O)c1ccc(Cl)nc1. The van der Waals surface area contributed by atoms with E-state index in [-0.39, 0.29) is 16.6 Å². The van der Waals surface area contributed by atoms with Crippen molar-refractivity contribution in [2.24, 2.45) is 0 Å². The first kappa shape index (κ1) is 14.4. The Kier molecular flexibility index (Phi) is 4.48. The fourth-order valence-corrected chi connectivity index (χ4v) is 2.20. The molecule has 0 atom stereocenters. The molecule has 0 aliphatic heterocycles. The number of ether oxygens (including phenoxy) is 1. The molecule has 0 radical (unpaired) electrons. The van der Waals surface area contributed by atoms with E-state index in [2.05, 4.69) is 9.71 Å². The summed E-state index contributed by atoms with van der Waals surface area (Å²) in [4.78, 5) is 3.80. The van der Waals surface area contributed by atoms with Crippen LogP contribution in [0.2, 0.25) is 5.15 Å². The van der Waals surface area contributed by atoms with Gasteiger partial charge in [0.1, 0.15) is 10.0 Å². The molecule has 0 aliphatic carbocycles. The van der Waals surface area contributed by atoms with Crippen LogP contribution >= 0.6 is 11.6 Å². The van der Waals surface area contributed by atoms with Crippen molar-refractivity contribution in [3.05, 3.63) is 23.5 Å². The molecular formula is C10H15ClN2O3S. The number of nitrogens with one attached hydrogen (secondary N) is 1. The molecule has 0 saturated heterocycles. The molecule has 0 aromatic carbocycles. The maximum atomic E-state index is 11.9. The highest BCUT2D eigenvalue weighted by Crippen LogP contribution is 2.12. The second-order valence-corrected chi connectivity index (χ2v) is 6.26. The van der Waals surface area contributed by atoms with Crippen LogP contribution in [0.1, 0.15) is 13.8 Å². The lowest BCUT2D eigenvalue weighted by atomic mass is 10.1. The lowest BCUT2D eigenvalue weighted by molar-refractivity contribution is 0.0276. The maximum absolute atomic E-state index is 11.9. The van der Waals surface area contributed by atoms with E-state index in [9.17, 15) is 8.42 Å². The number of pyridine rings is 1. The van der Waals surface area contributed by atoms with Gasteiger partial charge in [-0.1, -0.05) is 11.6 Å². The van der Waals surface area contributed by atoms with Gasteiger partial charge in [-0.05, 0) is 26.0 Å². The number of hydrogen-bond donors (Lipinski definition) is 1. The van der Waals surface area contributed by atoms with Crippen molar-refractivity contribution in [1.82, 2.24) is 9.71 Å². The number of sulfonamides is 1. The van der Waals surface area contributed by atoms with E-state index in [1.165, 1.54) is 25.4 Å². The minimum Gasteiger partial charge on any atom is -0.377 e. The van der Waals surface area contributed by atoms with Gasteiger partial charge in [0, 0.05) is 19.9 Å². The van der Waals surface area contributed by atoms with Crippen LogP contribution in [-0.4, -0.2) is 32.7 Å². The molecular weight excluding hydrogens is 264 g/mol. The maximum Gasteiger partial charge on any atom is 0.242 e. The van der Waals surface area contributed by atoms with Crippen LogP contribution in [0.5, 0.6) is 0 Å². The van der Waals surface area contributed by atoms with E-state index < -0.39 is 15.6 Å². The van der Waals surface area contributed by atoms with E-state index in [0.29, 0.717) is 0 Å². The summed E-state index contributed by atoms with van der Waals surface area (Å²) in [6, 6.07) is 2.83. The Morgan fingerprint density at radius 3 is 2.59 bits per heavy atom. The third-order valence-electron chi connectivity index (χ3n) is 2.25. The van der Waals surface area contributed by atoms with Crippen LogP contribution < -0.4 is 4.72 Å². The summed E-state index contributed by atoms with van der Waals surface area (Å²) >= 11 is 5.59. The van der Waals surface area contributed by atoms with Gasteiger partial charge in [0.05, 0.1) is 5.60 Å². The Labute approximate surface area is 106 Å². The Morgan fingerprint density at radius 2 is 2.12 bits per heavy atom. The molecule has 1 aromatic rings. The number of aromatic nitrogens is 1. The average Bonchev–Trinajstić information content (AvgIpc) is 2.27. The highest BCUT2D eigenvalue weighted by molar-refractivity contribution is 7.89.